The predicted octanol–water partition coefficient (Wildman–Crippen LogP) is 2.40. The van der Waals surface area contributed by atoms with Gasteiger partial charge < -0.3 is 4.57 Å². The van der Waals surface area contributed by atoms with Crippen LogP contribution in [0, 0.1) is 0 Å². The lowest BCUT2D eigenvalue weighted by molar-refractivity contribution is 0.270. The van der Waals surface area contributed by atoms with Crippen LogP contribution in [0.5, 0.6) is 0 Å². The minimum absolute atomic E-state index is 0.414. The van der Waals surface area contributed by atoms with Gasteiger partial charge in [0, 0.05) is 50.9 Å². The highest BCUT2D eigenvalue weighted by Crippen LogP contribution is 2.18. The summed E-state index contributed by atoms with van der Waals surface area (Å²) in [4.78, 5) is 11.2. The monoisotopic (exact) mass is 322 g/mol. The van der Waals surface area contributed by atoms with Crippen LogP contribution in [0.1, 0.15) is 37.0 Å². The van der Waals surface area contributed by atoms with Gasteiger partial charge in [-0.2, -0.15) is 0 Å². The van der Waals surface area contributed by atoms with E-state index in [-0.39, 0.29) is 0 Å². The Morgan fingerprint density at radius 2 is 1.83 bits per heavy atom. The van der Waals surface area contributed by atoms with Crippen LogP contribution < -0.4 is 0 Å². The molecule has 1 aromatic carbocycles. The summed E-state index contributed by atoms with van der Waals surface area (Å²) < 4.78 is 2.30. The van der Waals surface area contributed by atoms with E-state index in [2.05, 4.69) is 61.7 Å². The summed E-state index contributed by atoms with van der Waals surface area (Å²) in [5.41, 5.74) is 3.19. The van der Waals surface area contributed by atoms with Gasteiger partial charge in [-0.05, 0) is 17.7 Å². The Bertz CT molecular complexity index is 854. The van der Waals surface area contributed by atoms with E-state index in [9.17, 15) is 0 Å². The molecule has 124 valence electrons. The second-order valence-corrected chi connectivity index (χ2v) is 6.69. The highest BCUT2D eigenvalue weighted by Gasteiger charge is 2.20. The first kappa shape index (κ1) is 15.2. The molecule has 2 aromatic heterocycles. The molecule has 0 bridgehead atoms. The van der Waals surface area contributed by atoms with Crippen LogP contribution in [0.3, 0.4) is 0 Å². The van der Waals surface area contributed by atoms with Crippen LogP contribution in [-0.4, -0.2) is 42.7 Å². The number of hydrogen-bond acceptors (Lipinski definition) is 5. The molecule has 0 N–H and O–H groups in total. The molecule has 0 unspecified atom stereocenters. The van der Waals surface area contributed by atoms with E-state index < -0.39 is 0 Å². The van der Waals surface area contributed by atoms with Crippen LogP contribution in [0.2, 0.25) is 0 Å². The largest absolute Gasteiger partial charge is 0.313 e. The van der Waals surface area contributed by atoms with Crippen molar-refractivity contribution in [2.24, 2.45) is 0 Å². The molecule has 1 aliphatic heterocycles. The number of aromatic nitrogens is 5. The maximum absolute atomic E-state index is 4.41. The number of hydrogen-bond donors (Lipinski definition) is 0. The molecule has 0 saturated heterocycles. The Morgan fingerprint density at radius 1 is 1.00 bits per heavy atom. The van der Waals surface area contributed by atoms with Crippen molar-refractivity contribution in [3.05, 3.63) is 47.8 Å². The summed E-state index contributed by atoms with van der Waals surface area (Å²) in [6.45, 7) is 8.27. The first-order valence-electron chi connectivity index (χ1n) is 8.54. The molecule has 1 aliphatic rings. The lowest BCUT2D eigenvalue weighted by atomic mass is 10.1. The Morgan fingerprint density at radius 3 is 2.67 bits per heavy atom. The van der Waals surface area contributed by atoms with Crippen molar-refractivity contribution in [1.82, 2.24) is 29.6 Å². The van der Waals surface area contributed by atoms with Crippen molar-refractivity contribution in [2.75, 3.05) is 13.1 Å². The van der Waals surface area contributed by atoms with Gasteiger partial charge >= 0.3 is 0 Å². The molecular weight excluding hydrogens is 300 g/mol. The zero-order chi connectivity index (χ0) is 16.5. The zero-order valence-corrected chi connectivity index (χ0v) is 14.2. The fourth-order valence-electron chi connectivity index (χ4n) is 3.34. The second kappa shape index (κ2) is 6.28. The van der Waals surface area contributed by atoms with E-state index in [1.807, 2.05) is 0 Å². The molecule has 0 amide bonds. The zero-order valence-electron chi connectivity index (χ0n) is 14.2. The molecule has 0 atom stereocenters. The molecule has 0 fully saturated rings. The third-order valence-electron chi connectivity index (χ3n) is 4.60. The molecule has 0 aliphatic carbocycles. The fraction of sp³-hybridized carbons (Fsp3) is 0.444. The van der Waals surface area contributed by atoms with Crippen molar-refractivity contribution in [3.8, 4) is 0 Å². The number of rotatable bonds is 3. The van der Waals surface area contributed by atoms with Crippen molar-refractivity contribution < 1.29 is 0 Å². The van der Waals surface area contributed by atoms with E-state index in [1.54, 1.807) is 12.4 Å². The summed E-state index contributed by atoms with van der Waals surface area (Å²) in [5.74, 6) is 2.63. The van der Waals surface area contributed by atoms with Gasteiger partial charge in [0.2, 0.25) is 0 Å². The van der Waals surface area contributed by atoms with E-state index in [0.29, 0.717) is 5.92 Å². The summed E-state index contributed by atoms with van der Waals surface area (Å²) in [6, 6.07) is 6.36. The second-order valence-electron chi connectivity index (χ2n) is 6.69. The molecule has 0 saturated carbocycles. The third kappa shape index (κ3) is 2.89. The summed E-state index contributed by atoms with van der Waals surface area (Å²) in [7, 11) is 0. The standard InChI is InChI=1S/C18H22N6/c1-13(2)18-22-21-17-5-8-23(9-10-24(17)18)12-14-3-4-15-16(11-14)20-7-6-19-15/h3-4,6-7,11,13H,5,8-10,12H2,1-2H3. The van der Waals surface area contributed by atoms with Crippen LogP contribution in [-0.2, 0) is 19.5 Å². The van der Waals surface area contributed by atoms with Gasteiger partial charge in [-0.3, -0.25) is 14.9 Å². The van der Waals surface area contributed by atoms with Gasteiger partial charge in [0.05, 0.1) is 11.0 Å². The van der Waals surface area contributed by atoms with Crippen molar-refractivity contribution in [3.63, 3.8) is 0 Å². The van der Waals surface area contributed by atoms with Gasteiger partial charge in [0.1, 0.15) is 11.6 Å². The number of fused-ring (bicyclic) bond motifs is 2. The van der Waals surface area contributed by atoms with Crippen LogP contribution in [0.15, 0.2) is 30.6 Å². The van der Waals surface area contributed by atoms with E-state index in [0.717, 1.165) is 55.3 Å². The van der Waals surface area contributed by atoms with Crippen molar-refractivity contribution >= 4 is 11.0 Å². The fourth-order valence-corrected chi connectivity index (χ4v) is 3.34. The Balaban J connectivity index is 1.50. The molecule has 3 aromatic rings. The van der Waals surface area contributed by atoms with Gasteiger partial charge in [-0.1, -0.05) is 19.9 Å². The smallest absolute Gasteiger partial charge is 0.135 e. The molecule has 6 nitrogen and oxygen atoms in total. The van der Waals surface area contributed by atoms with Crippen molar-refractivity contribution in [1.29, 1.82) is 0 Å². The van der Waals surface area contributed by atoms with E-state index in [1.165, 1.54) is 5.56 Å². The highest BCUT2D eigenvalue weighted by molar-refractivity contribution is 5.74. The van der Waals surface area contributed by atoms with Gasteiger partial charge in [0.15, 0.2) is 0 Å². The highest BCUT2D eigenvalue weighted by atomic mass is 15.3. The Kier molecular flexibility index (Phi) is 3.98. The van der Waals surface area contributed by atoms with Gasteiger partial charge in [0.25, 0.3) is 0 Å². The summed E-state index contributed by atoms with van der Waals surface area (Å²) >= 11 is 0. The maximum atomic E-state index is 4.41. The van der Waals surface area contributed by atoms with Crippen LogP contribution >= 0.6 is 0 Å². The average molecular weight is 322 g/mol. The summed E-state index contributed by atoms with van der Waals surface area (Å²) in [6.07, 6.45) is 4.43. The predicted molar refractivity (Wildman–Crippen MR) is 92.6 cm³/mol. The molecule has 4 rings (SSSR count). The summed E-state index contributed by atoms with van der Waals surface area (Å²) in [5, 5.41) is 8.75. The lowest BCUT2D eigenvalue weighted by Gasteiger charge is -2.20. The first-order valence-corrected chi connectivity index (χ1v) is 8.54. The Labute approximate surface area is 141 Å². The van der Waals surface area contributed by atoms with E-state index >= 15 is 0 Å². The average Bonchev–Trinajstić information content (AvgIpc) is 2.90. The number of nitrogens with zero attached hydrogens (tertiary/aromatic N) is 6. The minimum atomic E-state index is 0.414. The lowest BCUT2D eigenvalue weighted by Crippen LogP contribution is -2.26. The first-order chi connectivity index (χ1) is 11.7. The normalized spacial score (nSPS) is 15.6. The van der Waals surface area contributed by atoms with E-state index in [4.69, 9.17) is 0 Å². The van der Waals surface area contributed by atoms with Gasteiger partial charge in [-0.15, -0.1) is 10.2 Å². The molecule has 24 heavy (non-hydrogen) atoms. The topological polar surface area (TPSA) is 59.7 Å². The molecule has 6 heteroatoms. The SMILES string of the molecule is CC(C)c1nnc2n1CCN(Cc1ccc3nccnc3c1)CC2. The van der Waals surface area contributed by atoms with Crippen molar-refractivity contribution in [2.45, 2.75) is 39.3 Å². The quantitative estimate of drug-likeness (QED) is 0.741. The Hall–Kier alpha value is -2.34. The number of benzene rings is 1. The molecule has 3 heterocycles. The minimum Gasteiger partial charge on any atom is -0.313 e. The molecule has 0 spiro atoms. The van der Waals surface area contributed by atoms with Crippen LogP contribution in [0.4, 0.5) is 0 Å². The van der Waals surface area contributed by atoms with Crippen LogP contribution in [0.25, 0.3) is 11.0 Å². The molecular formula is C18H22N6. The molecule has 0 radical (unpaired) electrons. The third-order valence-corrected chi connectivity index (χ3v) is 4.60. The van der Waals surface area contributed by atoms with Gasteiger partial charge in [-0.25, -0.2) is 0 Å². The maximum Gasteiger partial charge on any atom is 0.135 e.